The normalized spacial score (nSPS) is 18.6. The molecule has 1 aliphatic heterocycles. The Morgan fingerprint density at radius 1 is 1.15 bits per heavy atom. The molecular weight excluding hydrogens is 481 g/mol. The maximum atomic E-state index is 15.4. The summed E-state index contributed by atoms with van der Waals surface area (Å²) in [5, 5.41) is 9.14. The van der Waals surface area contributed by atoms with Crippen molar-refractivity contribution in [3.05, 3.63) is 63.4 Å². The van der Waals surface area contributed by atoms with Gasteiger partial charge in [-0.15, -0.1) is 0 Å². The second-order valence-electron chi connectivity index (χ2n) is 9.01. The summed E-state index contributed by atoms with van der Waals surface area (Å²) in [5.41, 5.74) is -1.99. The maximum absolute atomic E-state index is 15.4. The molecule has 0 amide bonds. The third-order valence-electron chi connectivity index (χ3n) is 6.28. The second kappa shape index (κ2) is 9.34. The van der Waals surface area contributed by atoms with E-state index >= 15 is 4.39 Å². The molecule has 2 aromatic rings. The van der Waals surface area contributed by atoms with Gasteiger partial charge in [0.15, 0.2) is 0 Å². The van der Waals surface area contributed by atoms with Crippen molar-refractivity contribution < 1.29 is 36.6 Å². The Hall–Kier alpha value is -2.39. The van der Waals surface area contributed by atoms with Crippen LogP contribution in [0.25, 0.3) is 0 Å². The number of alkyl halides is 4. The highest BCUT2D eigenvalue weighted by Crippen LogP contribution is 2.45. The third kappa shape index (κ3) is 5.81. The van der Waals surface area contributed by atoms with Crippen molar-refractivity contribution in [3.8, 4) is 5.75 Å². The number of likely N-dealkylation sites (tertiary alicyclic amines) is 1. The first-order valence-corrected chi connectivity index (χ1v) is 11.3. The van der Waals surface area contributed by atoms with Crippen LogP contribution in [0.3, 0.4) is 0 Å². The monoisotopic (exact) mass is 503 g/mol. The van der Waals surface area contributed by atoms with Crippen molar-refractivity contribution in [1.29, 1.82) is 0 Å². The molecule has 1 heterocycles. The summed E-state index contributed by atoms with van der Waals surface area (Å²) in [5.74, 6) is -2.08. The number of rotatable bonds is 7. The van der Waals surface area contributed by atoms with E-state index in [0.717, 1.165) is 31.0 Å². The molecule has 10 heteroatoms. The fraction of sp³-hybridized carbons (Fsp3) is 0.458. The first kappa shape index (κ1) is 24.7. The van der Waals surface area contributed by atoms with Gasteiger partial charge in [0, 0.05) is 30.7 Å². The summed E-state index contributed by atoms with van der Waals surface area (Å²) in [4.78, 5) is 13.1. The molecule has 2 aromatic carbocycles. The molecule has 0 unspecified atom stereocenters. The molecule has 4 nitrogen and oxygen atoms in total. The molecule has 0 radical (unpaired) electrons. The molecule has 0 aromatic heterocycles. The quantitative estimate of drug-likeness (QED) is 0.441. The molecule has 1 aliphatic carbocycles. The van der Waals surface area contributed by atoms with E-state index in [0.29, 0.717) is 24.2 Å². The van der Waals surface area contributed by atoms with E-state index in [4.69, 9.17) is 21.4 Å². The first-order valence-electron chi connectivity index (χ1n) is 10.9. The van der Waals surface area contributed by atoms with Crippen LogP contribution >= 0.6 is 11.6 Å². The lowest BCUT2D eigenvalue weighted by molar-refractivity contribution is -0.137. The number of nitrogens with zero attached hydrogens (tertiary/aromatic N) is 1. The van der Waals surface area contributed by atoms with Crippen molar-refractivity contribution in [2.24, 2.45) is 0 Å². The molecular formula is C24H23ClF5NO3. The highest BCUT2D eigenvalue weighted by Gasteiger charge is 2.37. The molecule has 2 fully saturated rings. The van der Waals surface area contributed by atoms with E-state index in [-0.39, 0.29) is 42.7 Å². The molecule has 34 heavy (non-hydrogen) atoms. The molecule has 0 spiro atoms. The van der Waals surface area contributed by atoms with Crippen LogP contribution in [0, 0.1) is 5.82 Å². The van der Waals surface area contributed by atoms with Crippen LogP contribution in [0.2, 0.25) is 5.02 Å². The third-order valence-corrected chi connectivity index (χ3v) is 6.49. The highest BCUT2D eigenvalue weighted by molar-refractivity contribution is 6.30. The fourth-order valence-electron chi connectivity index (χ4n) is 4.20. The number of hydrogen-bond donors (Lipinski definition) is 1. The molecule has 1 saturated carbocycles. The Morgan fingerprint density at radius 3 is 2.41 bits per heavy atom. The van der Waals surface area contributed by atoms with Gasteiger partial charge in [-0.1, -0.05) is 11.6 Å². The van der Waals surface area contributed by atoms with Gasteiger partial charge in [-0.25, -0.2) is 13.6 Å². The van der Waals surface area contributed by atoms with Gasteiger partial charge >= 0.3 is 12.1 Å². The topological polar surface area (TPSA) is 49.8 Å². The molecule has 4 rings (SSSR count). The first-order chi connectivity index (χ1) is 15.9. The lowest BCUT2D eigenvalue weighted by Gasteiger charge is -2.36. The van der Waals surface area contributed by atoms with Crippen molar-refractivity contribution in [3.63, 3.8) is 0 Å². The van der Waals surface area contributed by atoms with Crippen molar-refractivity contribution in [2.45, 2.75) is 50.0 Å². The van der Waals surface area contributed by atoms with E-state index in [1.807, 2.05) is 4.90 Å². The van der Waals surface area contributed by atoms with Crippen LogP contribution in [0.1, 0.15) is 58.6 Å². The number of carboxylic acids is 1. The predicted octanol–water partition coefficient (Wildman–Crippen LogP) is 6.46. The number of carbonyl (C=O) groups is 1. The zero-order valence-corrected chi connectivity index (χ0v) is 18.9. The summed E-state index contributed by atoms with van der Waals surface area (Å²) < 4.78 is 74.3. The molecule has 1 N–H and O–H groups in total. The summed E-state index contributed by atoms with van der Waals surface area (Å²) in [7, 11) is 0. The second-order valence-corrected chi connectivity index (χ2v) is 9.45. The Bertz CT molecular complexity index is 1080. The lowest BCUT2D eigenvalue weighted by atomic mass is 9.93. The van der Waals surface area contributed by atoms with E-state index < -0.39 is 34.8 Å². The van der Waals surface area contributed by atoms with Crippen molar-refractivity contribution >= 4 is 17.6 Å². The summed E-state index contributed by atoms with van der Waals surface area (Å²) in [6.07, 6.45) is -2.66. The Labute approximate surface area is 198 Å². The van der Waals surface area contributed by atoms with Gasteiger partial charge in [-0.2, -0.15) is 13.2 Å². The average Bonchev–Trinajstić information content (AvgIpc) is 3.58. The van der Waals surface area contributed by atoms with Crippen LogP contribution in [0.4, 0.5) is 22.0 Å². The molecule has 0 bridgehead atoms. The van der Waals surface area contributed by atoms with E-state index in [9.17, 15) is 22.4 Å². The van der Waals surface area contributed by atoms with Gasteiger partial charge in [0.1, 0.15) is 23.8 Å². The molecule has 0 atom stereocenters. The Morgan fingerprint density at radius 2 is 1.82 bits per heavy atom. The van der Waals surface area contributed by atoms with Crippen LogP contribution in [-0.2, 0) is 12.7 Å². The van der Waals surface area contributed by atoms with Crippen molar-refractivity contribution in [2.75, 3.05) is 19.7 Å². The molecule has 184 valence electrons. The average molecular weight is 504 g/mol. The van der Waals surface area contributed by atoms with Crippen LogP contribution in [0.5, 0.6) is 5.75 Å². The molecule has 2 aliphatic rings. The predicted molar refractivity (Wildman–Crippen MR) is 116 cm³/mol. The smallest absolute Gasteiger partial charge is 0.416 e. The minimum Gasteiger partial charge on any atom is -0.490 e. The summed E-state index contributed by atoms with van der Waals surface area (Å²) >= 11 is 5.84. The number of ether oxygens (including phenoxy) is 1. The zero-order valence-electron chi connectivity index (χ0n) is 18.1. The maximum Gasteiger partial charge on any atom is 0.416 e. The minimum atomic E-state index is -4.51. The number of piperidine rings is 1. The SMILES string of the molecule is O=C(O)c1cc(C2CC2)c(OCC2(F)CCN(Cc3cc(Cl)cc(C(F)(F)F)c3)CC2)cc1F. The van der Waals surface area contributed by atoms with E-state index in [2.05, 4.69) is 0 Å². The van der Waals surface area contributed by atoms with Crippen LogP contribution < -0.4 is 4.74 Å². The van der Waals surface area contributed by atoms with Gasteiger partial charge in [0.2, 0.25) is 0 Å². The van der Waals surface area contributed by atoms with Crippen LogP contribution in [-0.4, -0.2) is 41.3 Å². The number of carboxylic acid groups (broad SMARTS) is 1. The zero-order chi connectivity index (χ0) is 24.7. The Balaban J connectivity index is 1.38. The summed E-state index contributed by atoms with van der Waals surface area (Å²) in [6, 6.07) is 5.64. The minimum absolute atomic E-state index is 0.0114. The van der Waals surface area contributed by atoms with Gasteiger partial charge in [-0.3, -0.25) is 4.90 Å². The largest absolute Gasteiger partial charge is 0.490 e. The van der Waals surface area contributed by atoms with Gasteiger partial charge in [0.25, 0.3) is 0 Å². The van der Waals surface area contributed by atoms with Gasteiger partial charge in [0.05, 0.1) is 11.1 Å². The number of halogens is 6. The van der Waals surface area contributed by atoms with Gasteiger partial charge in [-0.05, 0) is 67.0 Å². The number of benzene rings is 2. The van der Waals surface area contributed by atoms with Gasteiger partial charge < -0.3 is 9.84 Å². The Kier molecular flexibility index (Phi) is 6.79. The van der Waals surface area contributed by atoms with E-state index in [1.165, 1.54) is 12.1 Å². The molecule has 1 saturated heterocycles. The summed E-state index contributed by atoms with van der Waals surface area (Å²) in [6.45, 7) is 0.487. The number of aromatic carboxylic acids is 1. The van der Waals surface area contributed by atoms with Crippen molar-refractivity contribution in [1.82, 2.24) is 4.90 Å². The highest BCUT2D eigenvalue weighted by atomic mass is 35.5. The lowest BCUT2D eigenvalue weighted by Crippen LogP contribution is -2.44. The van der Waals surface area contributed by atoms with Crippen LogP contribution in [0.15, 0.2) is 30.3 Å². The van der Waals surface area contributed by atoms with E-state index in [1.54, 1.807) is 0 Å². The standard InChI is InChI=1S/C24H23ClF5NO3/c25-17-8-14(7-16(9-17)24(28,29)30)12-31-5-3-23(27,4-6-31)13-34-21-11-20(26)19(22(32)33)10-18(21)15-1-2-15/h7-11,15H,1-6,12-13H2,(H,32,33). The number of hydrogen-bond acceptors (Lipinski definition) is 3. The fourth-order valence-corrected chi connectivity index (χ4v) is 4.46.